The van der Waals surface area contributed by atoms with E-state index in [1.54, 1.807) is 0 Å². The molecule has 0 spiro atoms. The minimum atomic E-state index is -0.337. The van der Waals surface area contributed by atoms with Crippen molar-refractivity contribution in [2.75, 3.05) is 12.4 Å². The van der Waals surface area contributed by atoms with Gasteiger partial charge in [-0.25, -0.2) is 4.98 Å². The number of para-hydroxylation sites is 3. The molecule has 1 aromatic heterocycles. The number of hydrazine groups is 1. The Hall–Kier alpha value is -3.00. The quantitative estimate of drug-likeness (QED) is 0.352. The number of aromatic nitrogens is 1. The number of hydrogen-bond donors (Lipinski definition) is 2. The van der Waals surface area contributed by atoms with Crippen LogP contribution in [0.2, 0.25) is 0 Å². The minimum absolute atomic E-state index is 0.0875. The molecular weight excluding hydrogens is 366 g/mol. The van der Waals surface area contributed by atoms with E-state index in [4.69, 9.17) is 9.15 Å². The molecule has 0 aliphatic heterocycles. The fourth-order valence-corrected chi connectivity index (χ4v) is 2.86. The lowest BCUT2D eigenvalue weighted by Crippen LogP contribution is -2.42. The van der Waals surface area contributed by atoms with Gasteiger partial charge in [-0.2, -0.15) is 0 Å². The van der Waals surface area contributed by atoms with Gasteiger partial charge in [0.1, 0.15) is 11.3 Å². The fraction of sp³-hybridized carbons (Fsp3) is 0.211. The van der Waals surface area contributed by atoms with Gasteiger partial charge in [-0.3, -0.25) is 20.4 Å². The predicted octanol–water partition coefficient (Wildman–Crippen LogP) is 2.93. The van der Waals surface area contributed by atoms with Gasteiger partial charge in [-0.1, -0.05) is 42.1 Å². The van der Waals surface area contributed by atoms with Crippen LogP contribution in [0.25, 0.3) is 11.1 Å². The number of benzene rings is 2. The molecule has 0 atom stereocenters. The molecule has 0 fully saturated rings. The molecule has 0 radical (unpaired) electrons. The third-order valence-electron chi connectivity index (χ3n) is 3.50. The molecule has 0 bridgehead atoms. The summed E-state index contributed by atoms with van der Waals surface area (Å²) < 4.78 is 11.0. The number of nitrogens with one attached hydrogen (secondary N) is 2. The van der Waals surface area contributed by atoms with Gasteiger partial charge in [0.2, 0.25) is 11.8 Å². The van der Waals surface area contributed by atoms with Crippen molar-refractivity contribution in [2.24, 2.45) is 0 Å². The van der Waals surface area contributed by atoms with Crippen LogP contribution in [0.15, 0.2) is 64.2 Å². The predicted molar refractivity (Wildman–Crippen MR) is 102 cm³/mol. The molecule has 2 amide bonds. The maximum atomic E-state index is 11.8. The van der Waals surface area contributed by atoms with Crippen molar-refractivity contribution in [2.45, 2.75) is 18.1 Å². The van der Waals surface area contributed by atoms with Gasteiger partial charge >= 0.3 is 0 Å². The van der Waals surface area contributed by atoms with Crippen LogP contribution in [-0.2, 0) is 9.59 Å². The standard InChI is InChI=1S/C19H19N3O4S/c23-17(11-6-12-25-14-7-2-1-3-8-14)21-22-18(24)13-27-19-20-15-9-4-5-10-16(15)26-19/h1-5,7-10H,6,11-13H2,(H,21,23)(H,22,24). The number of oxazole rings is 1. The molecule has 0 saturated heterocycles. The second-order valence-electron chi connectivity index (χ2n) is 5.60. The van der Waals surface area contributed by atoms with Crippen molar-refractivity contribution in [3.8, 4) is 5.75 Å². The number of thioether (sulfide) groups is 1. The monoisotopic (exact) mass is 385 g/mol. The molecule has 0 aliphatic carbocycles. The molecule has 1 heterocycles. The number of nitrogens with zero attached hydrogens (tertiary/aromatic N) is 1. The summed E-state index contributed by atoms with van der Waals surface area (Å²) in [7, 11) is 0. The molecule has 0 saturated carbocycles. The summed E-state index contributed by atoms with van der Waals surface area (Å²) in [6.07, 6.45) is 0.805. The van der Waals surface area contributed by atoms with Crippen LogP contribution < -0.4 is 15.6 Å². The van der Waals surface area contributed by atoms with E-state index in [1.165, 1.54) is 0 Å². The first-order valence-electron chi connectivity index (χ1n) is 8.44. The molecule has 27 heavy (non-hydrogen) atoms. The lowest BCUT2D eigenvalue weighted by atomic mass is 10.3. The van der Waals surface area contributed by atoms with Crippen molar-refractivity contribution >= 4 is 34.7 Å². The number of carbonyl (C=O) groups excluding carboxylic acids is 2. The highest BCUT2D eigenvalue weighted by Gasteiger charge is 2.10. The van der Waals surface area contributed by atoms with Crippen LogP contribution in [0.4, 0.5) is 0 Å². The largest absolute Gasteiger partial charge is 0.494 e. The zero-order valence-corrected chi connectivity index (χ0v) is 15.3. The Kier molecular flexibility index (Phi) is 6.70. The number of ether oxygens (including phenoxy) is 1. The number of fused-ring (bicyclic) bond motifs is 1. The Morgan fingerprint density at radius 3 is 2.56 bits per heavy atom. The fourth-order valence-electron chi connectivity index (χ4n) is 2.22. The number of rotatable bonds is 8. The van der Waals surface area contributed by atoms with Crippen LogP contribution >= 0.6 is 11.8 Å². The molecule has 0 aliphatic rings. The number of hydrogen-bond acceptors (Lipinski definition) is 6. The van der Waals surface area contributed by atoms with Crippen molar-refractivity contribution in [3.63, 3.8) is 0 Å². The molecule has 3 aromatic rings. The maximum absolute atomic E-state index is 11.8. The smallest absolute Gasteiger partial charge is 0.257 e. The summed E-state index contributed by atoms with van der Waals surface area (Å²) in [5.41, 5.74) is 6.18. The van der Waals surface area contributed by atoms with Gasteiger partial charge < -0.3 is 9.15 Å². The molecule has 2 N–H and O–H groups in total. The van der Waals surface area contributed by atoms with Gasteiger partial charge in [-0.05, 0) is 30.7 Å². The molecule has 3 rings (SSSR count). The molecular formula is C19H19N3O4S. The summed E-state index contributed by atoms with van der Waals surface area (Å²) in [6, 6.07) is 16.8. The third kappa shape index (κ3) is 6.03. The summed E-state index contributed by atoms with van der Waals surface area (Å²) in [6.45, 7) is 0.430. The van der Waals surface area contributed by atoms with Gasteiger partial charge in [0, 0.05) is 6.42 Å². The molecule has 140 valence electrons. The summed E-state index contributed by atoms with van der Waals surface area (Å²) in [5, 5.41) is 0.413. The van der Waals surface area contributed by atoms with E-state index >= 15 is 0 Å². The van der Waals surface area contributed by atoms with Crippen LogP contribution in [-0.4, -0.2) is 29.2 Å². The third-order valence-corrected chi connectivity index (χ3v) is 4.33. The molecule has 7 nitrogen and oxygen atoms in total. The highest BCUT2D eigenvalue weighted by atomic mass is 32.2. The van der Waals surface area contributed by atoms with Crippen LogP contribution in [0.3, 0.4) is 0 Å². The maximum Gasteiger partial charge on any atom is 0.257 e. The topological polar surface area (TPSA) is 93.5 Å². The van der Waals surface area contributed by atoms with Crippen molar-refractivity contribution in [3.05, 3.63) is 54.6 Å². The summed E-state index contributed by atoms with van der Waals surface area (Å²) in [4.78, 5) is 27.8. The van der Waals surface area contributed by atoms with Crippen LogP contribution in [0, 0.1) is 0 Å². The average Bonchev–Trinajstić information content (AvgIpc) is 3.12. The average molecular weight is 385 g/mol. The molecule has 2 aromatic carbocycles. The Balaban J connectivity index is 1.29. The van der Waals surface area contributed by atoms with Gasteiger partial charge in [0.05, 0.1) is 12.4 Å². The zero-order valence-electron chi connectivity index (χ0n) is 14.5. The summed E-state index contributed by atoms with van der Waals surface area (Å²) >= 11 is 1.16. The Morgan fingerprint density at radius 1 is 1.00 bits per heavy atom. The van der Waals surface area contributed by atoms with E-state index in [-0.39, 0.29) is 24.0 Å². The van der Waals surface area contributed by atoms with Gasteiger partial charge in [-0.15, -0.1) is 0 Å². The van der Waals surface area contributed by atoms with E-state index in [1.807, 2.05) is 54.6 Å². The van der Waals surface area contributed by atoms with Gasteiger partial charge in [0.25, 0.3) is 5.22 Å². The first-order valence-corrected chi connectivity index (χ1v) is 9.43. The van der Waals surface area contributed by atoms with Gasteiger partial charge in [0.15, 0.2) is 5.58 Å². The van der Waals surface area contributed by atoms with Crippen LogP contribution in [0.5, 0.6) is 5.75 Å². The van der Waals surface area contributed by atoms with E-state index in [0.717, 1.165) is 23.0 Å². The second kappa shape index (κ2) is 9.63. The highest BCUT2D eigenvalue weighted by Crippen LogP contribution is 2.22. The first kappa shape index (κ1) is 18.8. The Labute approximate surface area is 160 Å². The summed E-state index contributed by atoms with van der Waals surface area (Å²) in [5.74, 6) is 0.245. The molecule has 0 unspecified atom stereocenters. The normalized spacial score (nSPS) is 10.5. The van der Waals surface area contributed by atoms with E-state index in [2.05, 4.69) is 15.8 Å². The second-order valence-corrected chi connectivity index (χ2v) is 6.52. The number of amides is 2. The lowest BCUT2D eigenvalue weighted by molar-refractivity contribution is -0.127. The Bertz CT molecular complexity index is 865. The first-order chi connectivity index (χ1) is 13.2. The van der Waals surface area contributed by atoms with Crippen molar-refractivity contribution < 1.29 is 18.7 Å². The van der Waals surface area contributed by atoms with E-state index in [0.29, 0.717) is 23.8 Å². The Morgan fingerprint density at radius 2 is 1.74 bits per heavy atom. The SMILES string of the molecule is O=C(CCCOc1ccccc1)NNC(=O)CSc1nc2ccccc2o1. The van der Waals surface area contributed by atoms with Crippen LogP contribution in [0.1, 0.15) is 12.8 Å². The number of carbonyl (C=O) groups is 2. The molecule has 8 heteroatoms. The van der Waals surface area contributed by atoms with E-state index < -0.39 is 0 Å². The highest BCUT2D eigenvalue weighted by molar-refractivity contribution is 7.99. The minimum Gasteiger partial charge on any atom is -0.494 e. The zero-order chi connectivity index (χ0) is 18.9. The van der Waals surface area contributed by atoms with Crippen molar-refractivity contribution in [1.29, 1.82) is 0 Å². The lowest BCUT2D eigenvalue weighted by Gasteiger charge is -2.07. The van der Waals surface area contributed by atoms with E-state index in [9.17, 15) is 9.59 Å². The van der Waals surface area contributed by atoms with Crippen molar-refractivity contribution in [1.82, 2.24) is 15.8 Å².